The van der Waals surface area contributed by atoms with E-state index in [-0.39, 0.29) is 11.8 Å². The lowest BCUT2D eigenvalue weighted by atomic mass is 9.97. The molecule has 2 heterocycles. The third kappa shape index (κ3) is 2.25. The molecule has 3 N–H and O–H groups in total. The third-order valence-electron chi connectivity index (χ3n) is 4.10. The first-order valence-electron chi connectivity index (χ1n) is 6.83. The zero-order valence-corrected chi connectivity index (χ0v) is 13.0. The number of benzene rings is 1. The molecule has 1 saturated heterocycles. The Hall–Kier alpha value is -0.980. The number of ether oxygens (including phenoxy) is 2. The van der Waals surface area contributed by atoms with Crippen molar-refractivity contribution in [3.63, 3.8) is 0 Å². The van der Waals surface area contributed by atoms with E-state index in [1.807, 2.05) is 0 Å². The van der Waals surface area contributed by atoms with Gasteiger partial charge in [-0.15, -0.1) is 0 Å². The van der Waals surface area contributed by atoms with Gasteiger partial charge in [-0.2, -0.15) is 0 Å². The number of hydrogen-bond acceptors (Lipinski definition) is 5. The first kappa shape index (κ1) is 14.0. The van der Waals surface area contributed by atoms with Crippen LogP contribution in [0.4, 0.5) is 0 Å². The molecule has 1 fully saturated rings. The minimum atomic E-state index is 0.108. The number of phenolic OH excluding ortho intramolecular Hbond substituents is 1. The average Bonchev–Trinajstić information content (AvgIpc) is 2.81. The van der Waals surface area contributed by atoms with Crippen LogP contribution in [-0.2, 0) is 0 Å². The van der Waals surface area contributed by atoms with Crippen molar-refractivity contribution in [2.75, 3.05) is 33.4 Å². The Morgan fingerprint density at radius 3 is 2.90 bits per heavy atom. The molecule has 0 aromatic heterocycles. The summed E-state index contributed by atoms with van der Waals surface area (Å²) in [6.45, 7) is 2.64. The van der Waals surface area contributed by atoms with E-state index in [1.165, 1.54) is 0 Å². The fraction of sp³-hybridized carbons (Fsp3) is 0.571. The largest absolute Gasteiger partial charge is 0.506 e. The molecular weight excluding hydrogens is 324 g/mol. The van der Waals surface area contributed by atoms with Gasteiger partial charge in [0.05, 0.1) is 10.0 Å². The Bertz CT molecular complexity index is 524. The molecule has 2 aliphatic heterocycles. The molecule has 20 heavy (non-hydrogen) atoms. The van der Waals surface area contributed by atoms with E-state index in [0.29, 0.717) is 41.6 Å². The lowest BCUT2D eigenvalue weighted by Crippen LogP contribution is -2.22. The Morgan fingerprint density at radius 2 is 2.20 bits per heavy atom. The van der Waals surface area contributed by atoms with Crippen molar-refractivity contribution in [3.05, 3.63) is 16.1 Å². The van der Waals surface area contributed by atoms with Crippen LogP contribution in [0.1, 0.15) is 18.0 Å². The van der Waals surface area contributed by atoms with E-state index >= 15 is 0 Å². The second-order valence-electron chi connectivity index (χ2n) is 5.44. The van der Waals surface area contributed by atoms with E-state index in [0.717, 1.165) is 18.5 Å². The SMILES string of the molecule is CN1CC(CN)CC1c1c(O)c(Br)cc2c1OCCO2. The number of aromatic hydroxyl groups is 1. The zero-order chi connectivity index (χ0) is 14.3. The van der Waals surface area contributed by atoms with Crippen LogP contribution in [0.25, 0.3) is 0 Å². The van der Waals surface area contributed by atoms with E-state index in [2.05, 4.69) is 27.9 Å². The van der Waals surface area contributed by atoms with Crippen molar-refractivity contribution in [2.45, 2.75) is 12.5 Å². The minimum absolute atomic E-state index is 0.108. The van der Waals surface area contributed by atoms with Gasteiger partial charge in [0.1, 0.15) is 19.0 Å². The highest BCUT2D eigenvalue weighted by Gasteiger charge is 2.36. The molecule has 0 radical (unpaired) electrons. The van der Waals surface area contributed by atoms with E-state index < -0.39 is 0 Å². The second-order valence-corrected chi connectivity index (χ2v) is 6.29. The Morgan fingerprint density at radius 1 is 1.45 bits per heavy atom. The summed E-state index contributed by atoms with van der Waals surface area (Å²) < 4.78 is 12.0. The molecule has 5 nitrogen and oxygen atoms in total. The highest BCUT2D eigenvalue weighted by Crippen LogP contribution is 2.50. The van der Waals surface area contributed by atoms with Gasteiger partial charge in [-0.1, -0.05) is 0 Å². The molecular formula is C14H19BrN2O3. The molecule has 0 amide bonds. The maximum Gasteiger partial charge on any atom is 0.169 e. The third-order valence-corrected chi connectivity index (χ3v) is 4.70. The summed E-state index contributed by atoms with van der Waals surface area (Å²) in [6.07, 6.45) is 0.923. The zero-order valence-electron chi connectivity index (χ0n) is 11.4. The summed E-state index contributed by atoms with van der Waals surface area (Å²) >= 11 is 3.40. The van der Waals surface area contributed by atoms with Crippen molar-refractivity contribution in [1.29, 1.82) is 0 Å². The molecule has 3 rings (SSSR count). The molecule has 2 aliphatic rings. The molecule has 0 aliphatic carbocycles. The molecule has 1 aromatic carbocycles. The number of nitrogens with zero attached hydrogens (tertiary/aromatic N) is 1. The second kappa shape index (κ2) is 5.42. The predicted octanol–water partition coefficient (Wildman–Crippen LogP) is 1.88. The van der Waals surface area contributed by atoms with Crippen LogP contribution in [0.3, 0.4) is 0 Å². The monoisotopic (exact) mass is 342 g/mol. The van der Waals surface area contributed by atoms with Gasteiger partial charge < -0.3 is 20.3 Å². The predicted molar refractivity (Wildman–Crippen MR) is 79.3 cm³/mol. The van der Waals surface area contributed by atoms with Crippen LogP contribution in [-0.4, -0.2) is 43.4 Å². The summed E-state index contributed by atoms with van der Waals surface area (Å²) in [6, 6.07) is 1.87. The molecule has 6 heteroatoms. The van der Waals surface area contributed by atoms with Crippen molar-refractivity contribution in [3.8, 4) is 17.2 Å². The van der Waals surface area contributed by atoms with Crippen molar-refractivity contribution >= 4 is 15.9 Å². The summed E-state index contributed by atoms with van der Waals surface area (Å²) in [5, 5.41) is 10.5. The van der Waals surface area contributed by atoms with Gasteiger partial charge in [0.25, 0.3) is 0 Å². The molecule has 0 bridgehead atoms. The van der Waals surface area contributed by atoms with Crippen LogP contribution in [0, 0.1) is 5.92 Å². The van der Waals surface area contributed by atoms with E-state index in [1.54, 1.807) is 6.07 Å². The standard InChI is InChI=1S/C14H19BrN2O3/c1-17-7-8(6-16)4-10(17)12-13(18)9(15)5-11-14(12)20-3-2-19-11/h5,8,10,18H,2-4,6-7,16H2,1H3. The first-order chi connectivity index (χ1) is 9.61. The molecule has 0 saturated carbocycles. The van der Waals surface area contributed by atoms with Crippen LogP contribution >= 0.6 is 15.9 Å². The number of hydrogen-bond donors (Lipinski definition) is 2. The normalized spacial score (nSPS) is 25.9. The molecule has 2 unspecified atom stereocenters. The molecule has 0 spiro atoms. The number of rotatable bonds is 2. The lowest BCUT2D eigenvalue weighted by molar-refractivity contribution is 0.164. The molecule has 2 atom stereocenters. The van der Waals surface area contributed by atoms with Crippen LogP contribution in [0.15, 0.2) is 10.5 Å². The van der Waals surface area contributed by atoms with Crippen LogP contribution < -0.4 is 15.2 Å². The number of halogens is 1. The van der Waals surface area contributed by atoms with Crippen molar-refractivity contribution in [1.82, 2.24) is 4.90 Å². The van der Waals surface area contributed by atoms with Gasteiger partial charge in [-0.25, -0.2) is 0 Å². The summed E-state index contributed by atoms with van der Waals surface area (Å²) in [5.41, 5.74) is 6.60. The van der Waals surface area contributed by atoms with Gasteiger partial charge in [0.15, 0.2) is 11.5 Å². The highest BCUT2D eigenvalue weighted by molar-refractivity contribution is 9.10. The minimum Gasteiger partial charge on any atom is -0.506 e. The quantitative estimate of drug-likeness (QED) is 0.858. The van der Waals surface area contributed by atoms with Crippen molar-refractivity contribution < 1.29 is 14.6 Å². The lowest BCUT2D eigenvalue weighted by Gasteiger charge is -2.27. The number of likely N-dealkylation sites (tertiary alicyclic amines) is 1. The van der Waals surface area contributed by atoms with Gasteiger partial charge in [0, 0.05) is 18.7 Å². The van der Waals surface area contributed by atoms with Gasteiger partial charge in [-0.05, 0) is 41.9 Å². The highest BCUT2D eigenvalue weighted by atomic mass is 79.9. The van der Waals surface area contributed by atoms with Crippen LogP contribution in [0.5, 0.6) is 17.2 Å². The van der Waals surface area contributed by atoms with E-state index in [4.69, 9.17) is 15.2 Å². The maximum absolute atomic E-state index is 10.5. The summed E-state index contributed by atoms with van der Waals surface area (Å²) in [7, 11) is 2.05. The molecule has 110 valence electrons. The topological polar surface area (TPSA) is 68.0 Å². The van der Waals surface area contributed by atoms with Crippen molar-refractivity contribution in [2.24, 2.45) is 11.7 Å². The summed E-state index contributed by atoms with van der Waals surface area (Å²) in [4.78, 5) is 2.22. The number of phenols is 1. The Kier molecular flexibility index (Phi) is 3.79. The maximum atomic E-state index is 10.5. The van der Waals surface area contributed by atoms with E-state index in [9.17, 15) is 5.11 Å². The van der Waals surface area contributed by atoms with Gasteiger partial charge in [0.2, 0.25) is 0 Å². The summed E-state index contributed by atoms with van der Waals surface area (Å²) in [5.74, 6) is 2.05. The van der Waals surface area contributed by atoms with Crippen LogP contribution in [0.2, 0.25) is 0 Å². The smallest absolute Gasteiger partial charge is 0.169 e. The Labute approximate surface area is 126 Å². The number of fused-ring (bicyclic) bond motifs is 1. The van der Waals surface area contributed by atoms with Gasteiger partial charge in [-0.3, -0.25) is 4.90 Å². The average molecular weight is 343 g/mol. The molecule has 1 aromatic rings. The fourth-order valence-electron chi connectivity index (χ4n) is 3.09. The Balaban J connectivity index is 2.06. The fourth-order valence-corrected chi connectivity index (χ4v) is 3.51. The van der Waals surface area contributed by atoms with Gasteiger partial charge >= 0.3 is 0 Å². The number of nitrogens with two attached hydrogens (primary N) is 1. The first-order valence-corrected chi connectivity index (χ1v) is 7.62.